The zero-order valence-electron chi connectivity index (χ0n) is 10.4. The molecule has 1 aromatic heterocycles. The Morgan fingerprint density at radius 1 is 1.41 bits per heavy atom. The molecule has 0 fully saturated rings. The van der Waals surface area contributed by atoms with Gasteiger partial charge in [0.15, 0.2) is 0 Å². The number of nitrogens with two attached hydrogens (primary N) is 1. The average molecular weight is 278 g/mol. The van der Waals surface area contributed by atoms with Crippen LogP contribution in [0.4, 0.5) is 5.13 Å². The largest absolute Gasteiger partial charge is 0.374 e. The molecule has 0 radical (unpaired) electrons. The Kier molecular flexibility index (Phi) is 4.11. The van der Waals surface area contributed by atoms with Crippen molar-refractivity contribution in [3.63, 3.8) is 0 Å². The molecule has 0 spiro atoms. The maximum Gasteiger partial charge on any atom is 0.269 e. The molecule has 8 heteroatoms. The molecular formula is C9H18N4O2S2. The number of nitrogens with zero attached hydrogens (tertiary/aromatic N) is 2. The molecule has 98 valence electrons. The van der Waals surface area contributed by atoms with Gasteiger partial charge in [0.2, 0.25) is 9.47 Å². The molecule has 3 N–H and O–H groups in total. The second kappa shape index (κ2) is 4.87. The summed E-state index contributed by atoms with van der Waals surface area (Å²) in [5.41, 5.74) is 5.24. The van der Waals surface area contributed by atoms with Gasteiger partial charge in [-0.15, -0.1) is 10.2 Å². The summed E-state index contributed by atoms with van der Waals surface area (Å²) in [6, 6.07) is 0. The predicted molar refractivity (Wildman–Crippen MR) is 68.1 cm³/mol. The van der Waals surface area contributed by atoms with E-state index in [1.165, 1.54) is 0 Å². The fourth-order valence-corrected chi connectivity index (χ4v) is 2.92. The van der Waals surface area contributed by atoms with Crippen molar-refractivity contribution in [3.05, 3.63) is 0 Å². The quantitative estimate of drug-likeness (QED) is 0.840. The van der Waals surface area contributed by atoms with Crippen molar-refractivity contribution in [1.29, 1.82) is 0 Å². The molecule has 0 unspecified atom stereocenters. The number of aromatic nitrogens is 2. The normalized spacial score (nSPS) is 13.2. The molecule has 0 bridgehead atoms. The average Bonchev–Trinajstić information content (AvgIpc) is 2.63. The highest BCUT2D eigenvalue weighted by atomic mass is 32.2. The second-order valence-electron chi connectivity index (χ2n) is 4.87. The van der Waals surface area contributed by atoms with Crippen LogP contribution in [-0.2, 0) is 10.0 Å². The maximum atomic E-state index is 11.9. The number of sulfonamides is 1. The van der Waals surface area contributed by atoms with Crippen LogP contribution in [0, 0.1) is 11.3 Å². The fourth-order valence-electron chi connectivity index (χ4n) is 0.876. The van der Waals surface area contributed by atoms with Crippen LogP contribution < -0.4 is 10.5 Å². The van der Waals surface area contributed by atoms with E-state index in [0.717, 1.165) is 11.3 Å². The van der Waals surface area contributed by atoms with Gasteiger partial charge in [-0.25, -0.2) is 13.1 Å². The van der Waals surface area contributed by atoms with Gasteiger partial charge in [-0.05, 0) is 11.3 Å². The van der Waals surface area contributed by atoms with Crippen molar-refractivity contribution in [3.8, 4) is 0 Å². The molecular weight excluding hydrogens is 260 g/mol. The minimum absolute atomic E-state index is 0.0884. The Morgan fingerprint density at radius 3 is 2.41 bits per heavy atom. The van der Waals surface area contributed by atoms with E-state index in [-0.39, 0.29) is 14.9 Å². The minimum Gasteiger partial charge on any atom is -0.374 e. The molecule has 0 aliphatic heterocycles. The number of hydrogen-bond acceptors (Lipinski definition) is 6. The van der Waals surface area contributed by atoms with Gasteiger partial charge in [0, 0.05) is 6.54 Å². The number of hydrogen-bond donors (Lipinski definition) is 2. The zero-order valence-corrected chi connectivity index (χ0v) is 12.0. The summed E-state index contributed by atoms with van der Waals surface area (Å²) >= 11 is 0.859. The first-order valence-electron chi connectivity index (χ1n) is 5.24. The van der Waals surface area contributed by atoms with Gasteiger partial charge < -0.3 is 5.73 Å². The first-order chi connectivity index (χ1) is 7.65. The SMILES string of the molecule is CC(C)C(C)(C)CNS(=O)(=O)c1nnc(N)s1. The predicted octanol–water partition coefficient (Wildman–Crippen LogP) is 1.08. The van der Waals surface area contributed by atoms with Crippen LogP contribution in [0.15, 0.2) is 4.34 Å². The lowest BCUT2D eigenvalue weighted by atomic mass is 9.81. The highest BCUT2D eigenvalue weighted by Crippen LogP contribution is 2.26. The van der Waals surface area contributed by atoms with E-state index >= 15 is 0 Å². The molecule has 0 saturated carbocycles. The molecule has 1 heterocycles. The van der Waals surface area contributed by atoms with Crippen molar-refractivity contribution >= 4 is 26.5 Å². The Morgan fingerprint density at radius 2 is 2.00 bits per heavy atom. The molecule has 0 aliphatic rings. The first-order valence-corrected chi connectivity index (χ1v) is 7.54. The Labute approximate surface area is 106 Å². The third kappa shape index (κ3) is 3.62. The van der Waals surface area contributed by atoms with Gasteiger partial charge in [-0.1, -0.05) is 39.0 Å². The summed E-state index contributed by atoms with van der Waals surface area (Å²) in [6.07, 6.45) is 0. The standard InChI is InChI=1S/C9H18N4O2S2/c1-6(2)9(3,4)5-11-17(14,15)8-13-12-7(10)16-8/h6,11H,5H2,1-4H3,(H2,10,12). The Bertz CT molecular complexity index is 479. The number of anilines is 1. The summed E-state index contributed by atoms with van der Waals surface area (Å²) in [4.78, 5) is 0. The van der Waals surface area contributed by atoms with Crippen molar-refractivity contribution in [2.75, 3.05) is 12.3 Å². The molecule has 0 amide bonds. The Balaban J connectivity index is 2.76. The molecule has 1 aromatic rings. The van der Waals surface area contributed by atoms with Crippen LogP contribution in [-0.4, -0.2) is 25.2 Å². The molecule has 1 rings (SSSR count). The molecule has 0 aliphatic carbocycles. The van der Waals surface area contributed by atoms with E-state index in [0.29, 0.717) is 12.5 Å². The van der Waals surface area contributed by atoms with Crippen LogP contribution in [0.5, 0.6) is 0 Å². The highest BCUT2D eigenvalue weighted by Gasteiger charge is 2.27. The van der Waals surface area contributed by atoms with Gasteiger partial charge in [-0.3, -0.25) is 0 Å². The lowest BCUT2D eigenvalue weighted by molar-refractivity contribution is 0.252. The van der Waals surface area contributed by atoms with Crippen LogP contribution in [0.2, 0.25) is 0 Å². The lowest BCUT2D eigenvalue weighted by Gasteiger charge is -2.28. The summed E-state index contributed by atoms with van der Waals surface area (Å²) < 4.78 is 26.2. The van der Waals surface area contributed by atoms with Gasteiger partial charge in [-0.2, -0.15) is 0 Å². The highest BCUT2D eigenvalue weighted by molar-refractivity contribution is 7.91. The zero-order chi connectivity index (χ0) is 13.3. The van der Waals surface area contributed by atoms with Gasteiger partial charge in [0.05, 0.1) is 0 Å². The van der Waals surface area contributed by atoms with Crippen molar-refractivity contribution in [2.45, 2.75) is 32.0 Å². The van der Waals surface area contributed by atoms with Crippen molar-refractivity contribution in [1.82, 2.24) is 14.9 Å². The van der Waals surface area contributed by atoms with E-state index in [4.69, 9.17) is 5.73 Å². The summed E-state index contributed by atoms with van der Waals surface area (Å²) in [5, 5.41) is 7.16. The van der Waals surface area contributed by atoms with Crippen LogP contribution in [0.3, 0.4) is 0 Å². The monoisotopic (exact) mass is 278 g/mol. The van der Waals surface area contributed by atoms with Crippen LogP contribution in [0.25, 0.3) is 0 Å². The third-order valence-corrected chi connectivity index (χ3v) is 5.45. The lowest BCUT2D eigenvalue weighted by Crippen LogP contribution is -2.36. The van der Waals surface area contributed by atoms with Crippen molar-refractivity contribution in [2.24, 2.45) is 11.3 Å². The summed E-state index contributed by atoms with van der Waals surface area (Å²) in [7, 11) is -3.59. The number of nitrogen functional groups attached to an aromatic ring is 1. The first kappa shape index (κ1) is 14.3. The van der Waals surface area contributed by atoms with Gasteiger partial charge in [0.1, 0.15) is 0 Å². The van der Waals surface area contributed by atoms with E-state index in [9.17, 15) is 8.42 Å². The number of nitrogens with one attached hydrogen (secondary N) is 1. The minimum atomic E-state index is -3.59. The third-order valence-electron chi connectivity index (χ3n) is 2.93. The van der Waals surface area contributed by atoms with E-state index in [1.807, 2.05) is 13.8 Å². The topological polar surface area (TPSA) is 98.0 Å². The molecule has 0 atom stereocenters. The molecule has 0 aromatic carbocycles. The Hall–Kier alpha value is -0.730. The molecule has 0 saturated heterocycles. The summed E-state index contributed by atoms with van der Waals surface area (Å²) in [5.74, 6) is 0.365. The fraction of sp³-hybridized carbons (Fsp3) is 0.778. The van der Waals surface area contributed by atoms with Crippen LogP contribution >= 0.6 is 11.3 Å². The van der Waals surface area contributed by atoms with E-state index in [1.54, 1.807) is 0 Å². The van der Waals surface area contributed by atoms with Crippen LogP contribution in [0.1, 0.15) is 27.7 Å². The second-order valence-corrected chi connectivity index (χ2v) is 7.82. The van der Waals surface area contributed by atoms with Gasteiger partial charge in [0.25, 0.3) is 10.0 Å². The number of rotatable bonds is 5. The molecule has 17 heavy (non-hydrogen) atoms. The maximum absolute atomic E-state index is 11.9. The molecule has 6 nitrogen and oxygen atoms in total. The summed E-state index contributed by atoms with van der Waals surface area (Å²) in [6.45, 7) is 8.48. The van der Waals surface area contributed by atoms with E-state index < -0.39 is 10.0 Å². The van der Waals surface area contributed by atoms with Gasteiger partial charge >= 0.3 is 0 Å². The van der Waals surface area contributed by atoms with Crippen molar-refractivity contribution < 1.29 is 8.42 Å². The smallest absolute Gasteiger partial charge is 0.269 e. The van der Waals surface area contributed by atoms with E-state index in [2.05, 4.69) is 28.8 Å².